The second-order valence-electron chi connectivity index (χ2n) is 7.03. The van der Waals surface area contributed by atoms with Gasteiger partial charge in [-0.15, -0.1) is 11.3 Å². The van der Waals surface area contributed by atoms with Crippen molar-refractivity contribution in [3.05, 3.63) is 48.7 Å². The van der Waals surface area contributed by atoms with Crippen LogP contribution in [0.2, 0.25) is 22.5 Å². The van der Waals surface area contributed by atoms with Gasteiger partial charge in [0.15, 0.2) is 0 Å². The molecule has 0 saturated carbocycles. The average molecular weight is 465 g/mol. The van der Waals surface area contributed by atoms with E-state index in [0.717, 1.165) is 16.5 Å². The number of thiophene rings is 1. The Morgan fingerprint density at radius 2 is 1.77 bits per heavy atom. The van der Waals surface area contributed by atoms with Crippen LogP contribution in [0.1, 0.15) is 31.9 Å². The SMILES string of the molecule is CC(C)(C)[Si](C)(C)Oc1ccc(Cc2cc(I)sc2Cl)cc1. The molecule has 1 nitrogen and oxygen atoms in total. The van der Waals surface area contributed by atoms with Gasteiger partial charge in [-0.1, -0.05) is 44.5 Å². The number of hydrogen-bond donors (Lipinski definition) is 0. The van der Waals surface area contributed by atoms with Gasteiger partial charge >= 0.3 is 0 Å². The van der Waals surface area contributed by atoms with Gasteiger partial charge in [-0.2, -0.15) is 0 Å². The van der Waals surface area contributed by atoms with Crippen LogP contribution in [-0.2, 0) is 6.42 Å². The van der Waals surface area contributed by atoms with E-state index in [1.807, 2.05) is 0 Å². The molecule has 2 aromatic rings. The lowest BCUT2D eigenvalue weighted by atomic mass is 10.1. The van der Waals surface area contributed by atoms with Crippen LogP contribution < -0.4 is 4.43 Å². The van der Waals surface area contributed by atoms with Crippen molar-refractivity contribution >= 4 is 53.8 Å². The van der Waals surface area contributed by atoms with E-state index in [0.29, 0.717) is 0 Å². The Morgan fingerprint density at radius 1 is 1.18 bits per heavy atom. The summed E-state index contributed by atoms with van der Waals surface area (Å²) in [5, 5.41) is 0.215. The summed E-state index contributed by atoms with van der Waals surface area (Å²) in [4.78, 5) is 0. The van der Waals surface area contributed by atoms with Gasteiger partial charge in [-0.25, -0.2) is 0 Å². The molecule has 0 aliphatic rings. The van der Waals surface area contributed by atoms with Gasteiger partial charge in [0.2, 0.25) is 8.32 Å². The van der Waals surface area contributed by atoms with Crippen LogP contribution in [0.15, 0.2) is 30.3 Å². The molecular formula is C17H22ClIOSSi. The first kappa shape index (κ1) is 18.3. The topological polar surface area (TPSA) is 9.23 Å². The number of halogens is 2. The van der Waals surface area contributed by atoms with Crippen molar-refractivity contribution in [3.8, 4) is 5.75 Å². The van der Waals surface area contributed by atoms with Gasteiger partial charge in [0.05, 0.1) is 7.22 Å². The molecule has 0 saturated heterocycles. The monoisotopic (exact) mass is 464 g/mol. The minimum absolute atomic E-state index is 0.215. The molecule has 0 bridgehead atoms. The molecule has 1 aromatic carbocycles. The third kappa shape index (κ3) is 4.49. The van der Waals surface area contributed by atoms with Crippen LogP contribution >= 0.6 is 45.5 Å². The highest BCUT2D eigenvalue weighted by Crippen LogP contribution is 2.37. The van der Waals surface area contributed by atoms with E-state index < -0.39 is 8.32 Å². The predicted octanol–water partition coefficient (Wildman–Crippen LogP) is 6.98. The van der Waals surface area contributed by atoms with Gasteiger partial charge < -0.3 is 4.43 Å². The van der Waals surface area contributed by atoms with E-state index in [1.165, 1.54) is 14.0 Å². The van der Waals surface area contributed by atoms with Crippen LogP contribution in [0, 0.1) is 2.88 Å². The summed E-state index contributed by atoms with van der Waals surface area (Å²) in [5.41, 5.74) is 2.47. The first-order valence-corrected chi connectivity index (χ1v) is 12.5. The molecular weight excluding hydrogens is 443 g/mol. The quantitative estimate of drug-likeness (QED) is 0.350. The third-order valence-electron chi connectivity index (χ3n) is 4.22. The molecule has 5 heteroatoms. The molecule has 0 unspecified atom stereocenters. The molecule has 0 fully saturated rings. The van der Waals surface area contributed by atoms with Crippen molar-refractivity contribution in [2.45, 2.75) is 45.3 Å². The third-order valence-corrected chi connectivity index (χ3v) is 10.8. The fourth-order valence-corrected chi connectivity index (χ4v) is 5.30. The molecule has 0 N–H and O–H groups in total. The fraction of sp³-hybridized carbons (Fsp3) is 0.412. The molecule has 0 amide bonds. The standard InChI is InChI=1S/C17H22ClIOSSi/c1-17(2,3)22(4,5)20-14-8-6-12(7-9-14)10-13-11-15(19)21-16(13)18/h6-9,11H,10H2,1-5H3. The maximum absolute atomic E-state index is 6.31. The first-order chi connectivity index (χ1) is 10.1. The molecule has 1 aromatic heterocycles. The smallest absolute Gasteiger partial charge is 0.250 e. The molecule has 0 spiro atoms. The Balaban J connectivity index is 2.09. The van der Waals surface area contributed by atoms with Crippen molar-refractivity contribution in [1.82, 2.24) is 0 Å². The summed E-state index contributed by atoms with van der Waals surface area (Å²) in [6.07, 6.45) is 0.874. The maximum atomic E-state index is 6.31. The van der Waals surface area contributed by atoms with Crippen molar-refractivity contribution in [2.24, 2.45) is 0 Å². The van der Waals surface area contributed by atoms with Crippen LogP contribution in [0.4, 0.5) is 0 Å². The zero-order valence-corrected chi connectivity index (χ0v) is 18.4. The molecule has 0 atom stereocenters. The molecule has 120 valence electrons. The van der Waals surface area contributed by atoms with Crippen LogP contribution in [-0.4, -0.2) is 8.32 Å². The Bertz CT molecular complexity index is 644. The van der Waals surface area contributed by atoms with E-state index in [9.17, 15) is 0 Å². The molecule has 1 heterocycles. The van der Waals surface area contributed by atoms with Crippen molar-refractivity contribution in [3.63, 3.8) is 0 Å². The Morgan fingerprint density at radius 3 is 2.23 bits per heavy atom. The predicted molar refractivity (Wildman–Crippen MR) is 109 cm³/mol. The zero-order valence-electron chi connectivity index (χ0n) is 13.7. The van der Waals surface area contributed by atoms with Gasteiger partial charge in [-0.3, -0.25) is 0 Å². The van der Waals surface area contributed by atoms with Crippen molar-refractivity contribution < 1.29 is 4.43 Å². The molecule has 0 aliphatic carbocycles. The first-order valence-electron chi connectivity index (χ1n) is 7.30. The second-order valence-corrected chi connectivity index (χ2v) is 15.3. The lowest BCUT2D eigenvalue weighted by Crippen LogP contribution is -2.43. The lowest BCUT2D eigenvalue weighted by molar-refractivity contribution is 0.492. The highest BCUT2D eigenvalue weighted by Gasteiger charge is 2.38. The number of hydrogen-bond acceptors (Lipinski definition) is 2. The van der Waals surface area contributed by atoms with Crippen LogP contribution in [0.5, 0.6) is 5.75 Å². The number of benzene rings is 1. The van der Waals surface area contributed by atoms with E-state index in [4.69, 9.17) is 16.0 Å². The number of rotatable bonds is 4. The van der Waals surface area contributed by atoms with Gasteiger partial charge in [0, 0.05) is 0 Å². The summed E-state index contributed by atoms with van der Waals surface area (Å²) in [5.74, 6) is 0.973. The molecule has 22 heavy (non-hydrogen) atoms. The minimum atomic E-state index is -1.76. The summed E-state index contributed by atoms with van der Waals surface area (Å²) in [6.45, 7) is 11.3. The van der Waals surface area contributed by atoms with Gasteiger partial charge in [0.1, 0.15) is 5.75 Å². The fourth-order valence-electron chi connectivity index (χ4n) is 1.84. The van der Waals surface area contributed by atoms with E-state index in [1.54, 1.807) is 11.3 Å². The van der Waals surface area contributed by atoms with E-state index in [-0.39, 0.29) is 5.04 Å². The summed E-state index contributed by atoms with van der Waals surface area (Å²) in [6, 6.07) is 10.6. The van der Waals surface area contributed by atoms with Crippen molar-refractivity contribution in [1.29, 1.82) is 0 Å². The van der Waals surface area contributed by atoms with Gasteiger partial charge in [-0.05, 0) is 76.5 Å². The van der Waals surface area contributed by atoms with Gasteiger partial charge in [0.25, 0.3) is 0 Å². The summed E-state index contributed by atoms with van der Waals surface area (Å²) in [7, 11) is -1.76. The lowest BCUT2D eigenvalue weighted by Gasteiger charge is -2.36. The Hall–Kier alpha value is -0.0431. The molecule has 2 rings (SSSR count). The summed E-state index contributed by atoms with van der Waals surface area (Å²) < 4.78 is 8.44. The van der Waals surface area contributed by atoms with E-state index >= 15 is 0 Å². The molecule has 0 radical (unpaired) electrons. The second kappa shape index (κ2) is 6.83. The highest BCUT2D eigenvalue weighted by atomic mass is 127. The van der Waals surface area contributed by atoms with E-state index in [2.05, 4.69) is 86.8 Å². The summed E-state index contributed by atoms with van der Waals surface area (Å²) >= 11 is 10.2. The zero-order chi connectivity index (χ0) is 16.5. The van der Waals surface area contributed by atoms with Crippen LogP contribution in [0.3, 0.4) is 0 Å². The molecule has 0 aliphatic heterocycles. The Labute approximate surface area is 157 Å². The minimum Gasteiger partial charge on any atom is -0.544 e. The highest BCUT2D eigenvalue weighted by molar-refractivity contribution is 14.1. The Kier molecular flexibility index (Phi) is 5.68. The maximum Gasteiger partial charge on any atom is 0.250 e. The van der Waals surface area contributed by atoms with Crippen molar-refractivity contribution in [2.75, 3.05) is 0 Å². The largest absolute Gasteiger partial charge is 0.544 e. The average Bonchev–Trinajstić information content (AvgIpc) is 2.68. The normalized spacial score (nSPS) is 12.5. The van der Waals surface area contributed by atoms with Crippen LogP contribution in [0.25, 0.3) is 0 Å².